The molecule has 3 N–H and O–H groups in total. The van der Waals surface area contributed by atoms with E-state index in [-0.39, 0.29) is 48.3 Å². The molecule has 0 amide bonds. The second-order valence-corrected chi connectivity index (χ2v) is 9.31. The number of hydrogen-bond donors (Lipinski definition) is 3. The van der Waals surface area contributed by atoms with E-state index in [4.69, 9.17) is 46.4 Å². The average Bonchev–Trinajstić information content (AvgIpc) is 2.62. The van der Waals surface area contributed by atoms with Crippen LogP contribution >= 0.6 is 46.4 Å². The van der Waals surface area contributed by atoms with E-state index >= 15 is 0 Å². The second kappa shape index (κ2) is 7.87. The summed E-state index contributed by atoms with van der Waals surface area (Å²) in [5.41, 5.74) is -0.139. The Kier molecular flexibility index (Phi) is 5.98. The summed E-state index contributed by atoms with van der Waals surface area (Å²) in [6, 6.07) is 11.3. The van der Waals surface area contributed by atoms with Gasteiger partial charge in [0.25, 0.3) is 10.1 Å². The maximum absolute atomic E-state index is 13.0. The van der Waals surface area contributed by atoms with Crippen LogP contribution < -0.4 is 0 Å². The van der Waals surface area contributed by atoms with Crippen LogP contribution in [0.4, 0.5) is 0 Å². The number of aromatic hydroxyl groups is 2. The van der Waals surface area contributed by atoms with Crippen molar-refractivity contribution in [3.05, 3.63) is 91.4 Å². The highest BCUT2D eigenvalue weighted by Crippen LogP contribution is 2.49. The third-order valence-electron chi connectivity index (χ3n) is 4.39. The fourth-order valence-electron chi connectivity index (χ4n) is 3.15. The third-order valence-corrected chi connectivity index (χ3v) is 7.18. The minimum Gasteiger partial charge on any atom is -0.508 e. The molecule has 3 aromatic rings. The fourth-order valence-corrected chi connectivity index (χ4v) is 5.43. The second-order valence-electron chi connectivity index (χ2n) is 6.12. The van der Waals surface area contributed by atoms with Crippen molar-refractivity contribution in [2.45, 2.75) is 4.75 Å². The highest BCUT2D eigenvalue weighted by molar-refractivity contribution is 7.87. The monoisotopic (exact) mass is 492 g/mol. The standard InChI is InChI=1S/C19H12Cl4O5S/c20-12-8-14(18(23)16(22)9-12)19(29(26,27)28,10-1-4-13(24)5-2-10)11-3-6-17(25)15(21)7-11/h1-9,24-25H,(H,26,27,28). The minimum atomic E-state index is -5.01. The minimum absolute atomic E-state index is 0.0276. The van der Waals surface area contributed by atoms with Gasteiger partial charge < -0.3 is 10.2 Å². The molecule has 29 heavy (non-hydrogen) atoms. The summed E-state index contributed by atoms with van der Waals surface area (Å²) in [6.45, 7) is 0. The summed E-state index contributed by atoms with van der Waals surface area (Å²) in [7, 11) is -5.01. The molecule has 5 nitrogen and oxygen atoms in total. The predicted octanol–water partition coefficient (Wildman–Crippen LogP) is 5.89. The van der Waals surface area contributed by atoms with Crippen molar-refractivity contribution in [1.29, 1.82) is 0 Å². The molecule has 0 saturated heterocycles. The van der Waals surface area contributed by atoms with Crippen molar-refractivity contribution < 1.29 is 23.2 Å². The molecule has 10 heteroatoms. The topological polar surface area (TPSA) is 94.8 Å². The smallest absolute Gasteiger partial charge is 0.283 e. The van der Waals surface area contributed by atoms with Crippen LogP contribution in [0.2, 0.25) is 20.1 Å². The number of phenolic OH excluding ortho intramolecular Hbond substituents is 2. The molecule has 0 radical (unpaired) electrons. The van der Waals surface area contributed by atoms with Gasteiger partial charge in [0, 0.05) is 10.6 Å². The van der Waals surface area contributed by atoms with Crippen molar-refractivity contribution in [3.8, 4) is 11.5 Å². The van der Waals surface area contributed by atoms with Gasteiger partial charge in [-0.2, -0.15) is 8.42 Å². The van der Waals surface area contributed by atoms with Crippen LogP contribution in [0.15, 0.2) is 54.6 Å². The highest BCUT2D eigenvalue weighted by Gasteiger charge is 2.50. The Balaban J connectivity index is 2.58. The lowest BCUT2D eigenvalue weighted by molar-refractivity contribution is 0.456. The normalized spacial score (nSPS) is 13.8. The van der Waals surface area contributed by atoms with Crippen LogP contribution in [0.25, 0.3) is 0 Å². The summed E-state index contributed by atoms with van der Waals surface area (Å²) in [4.78, 5) is 0. The van der Waals surface area contributed by atoms with Crippen molar-refractivity contribution in [3.63, 3.8) is 0 Å². The first-order valence-corrected chi connectivity index (χ1v) is 10.8. The summed E-state index contributed by atoms with van der Waals surface area (Å²) < 4.78 is 34.1. The zero-order valence-corrected chi connectivity index (χ0v) is 18.1. The van der Waals surface area contributed by atoms with Gasteiger partial charge in [-0.1, -0.05) is 64.6 Å². The van der Waals surface area contributed by atoms with Gasteiger partial charge in [0.05, 0.1) is 15.1 Å². The lowest BCUT2D eigenvalue weighted by atomic mass is 9.83. The van der Waals surface area contributed by atoms with E-state index in [9.17, 15) is 23.2 Å². The summed E-state index contributed by atoms with van der Waals surface area (Å²) in [5, 5.41) is 19.2. The first kappa shape index (κ1) is 22.0. The van der Waals surface area contributed by atoms with Gasteiger partial charge in [-0.3, -0.25) is 4.55 Å². The van der Waals surface area contributed by atoms with Crippen LogP contribution in [-0.2, 0) is 14.9 Å². The summed E-state index contributed by atoms with van der Waals surface area (Å²) >= 11 is 24.6. The van der Waals surface area contributed by atoms with Crippen molar-refractivity contribution in [2.75, 3.05) is 0 Å². The first-order chi connectivity index (χ1) is 13.5. The van der Waals surface area contributed by atoms with Crippen LogP contribution in [0.3, 0.4) is 0 Å². The lowest BCUT2D eigenvalue weighted by Crippen LogP contribution is -2.38. The molecule has 152 valence electrons. The van der Waals surface area contributed by atoms with Crippen LogP contribution in [0.1, 0.15) is 16.7 Å². The summed E-state index contributed by atoms with van der Waals surface area (Å²) in [6.07, 6.45) is 0. The Bertz CT molecular complexity index is 1200. The van der Waals surface area contributed by atoms with E-state index in [0.717, 1.165) is 0 Å². The molecule has 0 aliphatic rings. The van der Waals surface area contributed by atoms with Gasteiger partial charge in [-0.25, -0.2) is 0 Å². The van der Waals surface area contributed by atoms with Crippen LogP contribution in [0, 0.1) is 0 Å². The maximum atomic E-state index is 13.0. The molecule has 0 spiro atoms. The quantitative estimate of drug-likeness (QED) is 0.239. The molecule has 0 saturated carbocycles. The lowest BCUT2D eigenvalue weighted by Gasteiger charge is -2.33. The van der Waals surface area contributed by atoms with E-state index in [1.807, 2.05) is 0 Å². The molecular formula is C19H12Cl4O5S. The van der Waals surface area contributed by atoms with Gasteiger partial charge in [-0.05, 0) is 47.5 Å². The Labute approximate surface area is 186 Å². The van der Waals surface area contributed by atoms with Gasteiger partial charge in [0.15, 0.2) is 4.75 Å². The molecule has 1 atom stereocenters. The predicted molar refractivity (Wildman–Crippen MR) is 114 cm³/mol. The molecule has 0 aromatic heterocycles. The zero-order chi connectivity index (χ0) is 21.6. The molecule has 0 fully saturated rings. The van der Waals surface area contributed by atoms with E-state index in [1.165, 1.54) is 54.6 Å². The van der Waals surface area contributed by atoms with Gasteiger partial charge in [0.1, 0.15) is 11.5 Å². The molecule has 0 aliphatic carbocycles. The first-order valence-electron chi connectivity index (χ1n) is 7.89. The highest BCUT2D eigenvalue weighted by atomic mass is 35.5. The molecule has 0 bridgehead atoms. The number of rotatable bonds is 4. The van der Waals surface area contributed by atoms with Gasteiger partial charge >= 0.3 is 0 Å². The zero-order valence-electron chi connectivity index (χ0n) is 14.3. The molecule has 1 unspecified atom stereocenters. The maximum Gasteiger partial charge on any atom is 0.283 e. The Morgan fingerprint density at radius 1 is 0.759 bits per heavy atom. The van der Waals surface area contributed by atoms with Crippen LogP contribution in [-0.4, -0.2) is 23.2 Å². The number of benzene rings is 3. The SMILES string of the molecule is O=S(=O)(O)C(c1ccc(O)cc1)(c1ccc(O)c(Cl)c1)c1cc(Cl)cc(Cl)c1Cl. The Morgan fingerprint density at radius 3 is 1.90 bits per heavy atom. The number of phenols is 2. The molecule has 0 heterocycles. The molecular weight excluding hydrogens is 482 g/mol. The van der Waals surface area contributed by atoms with E-state index in [1.54, 1.807) is 0 Å². The fraction of sp³-hybridized carbons (Fsp3) is 0.0526. The summed E-state index contributed by atoms with van der Waals surface area (Å²) in [5.74, 6) is -0.419. The molecule has 0 aliphatic heterocycles. The molecule has 3 aromatic carbocycles. The Morgan fingerprint density at radius 2 is 1.34 bits per heavy atom. The van der Waals surface area contributed by atoms with Gasteiger partial charge in [0.2, 0.25) is 0 Å². The van der Waals surface area contributed by atoms with Crippen molar-refractivity contribution >= 4 is 56.5 Å². The average molecular weight is 494 g/mol. The number of halogens is 4. The Hall–Kier alpha value is -1.67. The van der Waals surface area contributed by atoms with Crippen LogP contribution in [0.5, 0.6) is 11.5 Å². The third kappa shape index (κ3) is 3.77. The van der Waals surface area contributed by atoms with E-state index in [2.05, 4.69) is 0 Å². The largest absolute Gasteiger partial charge is 0.508 e. The van der Waals surface area contributed by atoms with Gasteiger partial charge in [-0.15, -0.1) is 0 Å². The van der Waals surface area contributed by atoms with E-state index < -0.39 is 14.9 Å². The molecule has 3 rings (SSSR count). The van der Waals surface area contributed by atoms with Crippen molar-refractivity contribution in [2.24, 2.45) is 0 Å². The van der Waals surface area contributed by atoms with Crippen molar-refractivity contribution in [1.82, 2.24) is 0 Å². The number of hydrogen-bond acceptors (Lipinski definition) is 4. The van der Waals surface area contributed by atoms with E-state index in [0.29, 0.717) is 0 Å².